The van der Waals surface area contributed by atoms with Crippen molar-refractivity contribution in [2.75, 3.05) is 10.0 Å². The first-order valence-corrected chi connectivity index (χ1v) is 16.6. The highest BCUT2D eigenvalue weighted by Gasteiger charge is 2.30. The molecule has 12 heteroatoms. The summed E-state index contributed by atoms with van der Waals surface area (Å²) < 4.78 is 33.6. The van der Waals surface area contributed by atoms with Gasteiger partial charge in [0.25, 0.3) is 10.0 Å². The lowest BCUT2D eigenvalue weighted by molar-refractivity contribution is -0.124. The highest BCUT2D eigenvalue weighted by molar-refractivity contribution is 7.92. The van der Waals surface area contributed by atoms with Crippen LogP contribution in [0.15, 0.2) is 88.3 Å². The number of urea groups is 1. The Morgan fingerprint density at radius 3 is 2.09 bits per heavy atom. The zero-order valence-corrected chi connectivity index (χ0v) is 27.8. The summed E-state index contributed by atoms with van der Waals surface area (Å²) in [5, 5.41) is 12.7. The summed E-state index contributed by atoms with van der Waals surface area (Å²) in [6.07, 6.45) is 0.799. The third-order valence-corrected chi connectivity index (χ3v) is 8.46. The van der Waals surface area contributed by atoms with Crippen molar-refractivity contribution in [2.24, 2.45) is 5.92 Å². The molecule has 244 valence electrons. The van der Waals surface area contributed by atoms with Crippen LogP contribution >= 0.6 is 0 Å². The van der Waals surface area contributed by atoms with Gasteiger partial charge >= 0.3 is 6.03 Å². The van der Waals surface area contributed by atoms with Crippen molar-refractivity contribution < 1.29 is 22.5 Å². The number of hydrogen-bond donors (Lipinski definition) is 4. The fourth-order valence-electron chi connectivity index (χ4n) is 4.59. The van der Waals surface area contributed by atoms with E-state index in [0.717, 1.165) is 11.1 Å². The molecule has 1 aromatic heterocycles. The molecular formula is C34H42N6O5S. The minimum absolute atomic E-state index is 0.0976. The number of carbonyl (C=O) groups is 2. The Morgan fingerprint density at radius 2 is 1.50 bits per heavy atom. The fraction of sp³-hybridized carbons (Fsp3) is 0.353. The molecule has 0 radical (unpaired) electrons. The van der Waals surface area contributed by atoms with E-state index in [1.54, 1.807) is 36.4 Å². The zero-order valence-electron chi connectivity index (χ0n) is 27.0. The summed E-state index contributed by atoms with van der Waals surface area (Å²) in [6.45, 7) is 11.7. The average Bonchev–Trinajstić information content (AvgIpc) is 3.49. The van der Waals surface area contributed by atoms with Crippen LogP contribution in [-0.2, 0) is 26.7 Å². The van der Waals surface area contributed by atoms with Gasteiger partial charge in [-0.3, -0.25) is 9.52 Å². The lowest BCUT2D eigenvalue weighted by atomic mass is 9.96. The van der Waals surface area contributed by atoms with E-state index in [2.05, 4.69) is 30.8 Å². The highest BCUT2D eigenvalue weighted by Crippen LogP contribution is 2.24. The minimum atomic E-state index is -3.77. The standard InChI is InChI=1S/C34H42N6O5S/c1-22(2)20-28(30(41)36-29(21-24-10-8-7-9-11-24)31-38-32(39-45-31)34(4,5)6)37-33(42)35-25-14-16-26(17-15-25)40-46(43,44)27-18-12-23(3)13-19-27/h7-19,22,28-29,40H,20-21H2,1-6H3,(H,36,41)(H2,35,37,42)/t28-,29-/m1/s1. The van der Waals surface area contributed by atoms with Gasteiger partial charge in [0.15, 0.2) is 5.82 Å². The lowest BCUT2D eigenvalue weighted by Gasteiger charge is -2.23. The molecule has 1 heterocycles. The Kier molecular flexibility index (Phi) is 10.8. The summed E-state index contributed by atoms with van der Waals surface area (Å²) in [5.74, 6) is 0.523. The first-order chi connectivity index (χ1) is 21.7. The van der Waals surface area contributed by atoms with Gasteiger partial charge in [-0.05, 0) is 61.2 Å². The molecule has 3 amide bonds. The first-order valence-electron chi connectivity index (χ1n) is 15.1. The molecule has 0 saturated heterocycles. The fourth-order valence-corrected chi connectivity index (χ4v) is 5.64. The van der Waals surface area contributed by atoms with E-state index in [-0.39, 0.29) is 28.0 Å². The maximum atomic E-state index is 13.6. The second-order valence-electron chi connectivity index (χ2n) is 12.7. The quantitative estimate of drug-likeness (QED) is 0.145. The van der Waals surface area contributed by atoms with Crippen LogP contribution < -0.4 is 20.7 Å². The van der Waals surface area contributed by atoms with E-state index in [1.807, 2.05) is 71.9 Å². The molecule has 0 unspecified atom stereocenters. The van der Waals surface area contributed by atoms with Crippen LogP contribution in [0.1, 0.15) is 69.9 Å². The molecule has 0 spiro atoms. The monoisotopic (exact) mass is 646 g/mol. The van der Waals surface area contributed by atoms with Gasteiger partial charge in [0.1, 0.15) is 12.1 Å². The Hall–Kier alpha value is -4.71. The SMILES string of the molecule is Cc1ccc(S(=O)(=O)Nc2ccc(NC(=O)N[C@H](CC(C)C)C(=O)N[C@H](Cc3ccccc3)c3nc(C(C)(C)C)no3)cc2)cc1. The number of nitrogens with one attached hydrogen (secondary N) is 4. The number of sulfonamides is 1. The number of carbonyl (C=O) groups excluding carboxylic acids is 2. The molecule has 2 atom stereocenters. The molecule has 0 aliphatic heterocycles. The zero-order chi connectivity index (χ0) is 33.5. The van der Waals surface area contributed by atoms with E-state index < -0.39 is 28.1 Å². The van der Waals surface area contributed by atoms with Gasteiger partial charge in [0.05, 0.1) is 4.90 Å². The first kappa shape index (κ1) is 34.2. The van der Waals surface area contributed by atoms with Crippen LogP contribution in [0.3, 0.4) is 0 Å². The van der Waals surface area contributed by atoms with Crippen molar-refractivity contribution in [3.8, 4) is 0 Å². The average molecular weight is 647 g/mol. The van der Waals surface area contributed by atoms with E-state index in [0.29, 0.717) is 30.0 Å². The van der Waals surface area contributed by atoms with Gasteiger partial charge < -0.3 is 20.5 Å². The van der Waals surface area contributed by atoms with Gasteiger partial charge in [-0.15, -0.1) is 0 Å². The molecule has 4 aromatic rings. The maximum absolute atomic E-state index is 13.6. The number of amides is 3. The van der Waals surface area contributed by atoms with Crippen LogP contribution in [0.4, 0.5) is 16.2 Å². The number of rotatable bonds is 12. The number of nitrogens with zero attached hydrogens (tertiary/aromatic N) is 2. The van der Waals surface area contributed by atoms with Gasteiger partial charge in [0.2, 0.25) is 11.8 Å². The Balaban J connectivity index is 1.43. The van der Waals surface area contributed by atoms with E-state index in [9.17, 15) is 18.0 Å². The molecule has 0 aliphatic rings. The second-order valence-corrected chi connectivity index (χ2v) is 14.4. The van der Waals surface area contributed by atoms with Crippen molar-refractivity contribution in [3.05, 3.63) is 102 Å². The van der Waals surface area contributed by atoms with Crippen molar-refractivity contribution >= 4 is 33.3 Å². The largest absolute Gasteiger partial charge is 0.342 e. The van der Waals surface area contributed by atoms with Crippen LogP contribution in [0.5, 0.6) is 0 Å². The molecule has 3 aromatic carbocycles. The Bertz CT molecular complexity index is 1710. The van der Waals surface area contributed by atoms with Crippen LogP contribution in [0.25, 0.3) is 0 Å². The minimum Gasteiger partial charge on any atom is -0.342 e. The van der Waals surface area contributed by atoms with Crippen molar-refractivity contribution in [2.45, 2.75) is 76.8 Å². The predicted octanol–water partition coefficient (Wildman–Crippen LogP) is 6.11. The molecule has 4 N–H and O–H groups in total. The molecule has 0 aliphatic carbocycles. The number of aryl methyl sites for hydroxylation is 1. The third kappa shape index (κ3) is 9.64. The van der Waals surface area contributed by atoms with E-state index >= 15 is 0 Å². The van der Waals surface area contributed by atoms with Crippen molar-refractivity contribution in [1.29, 1.82) is 0 Å². The van der Waals surface area contributed by atoms with Gasteiger partial charge in [-0.25, -0.2) is 13.2 Å². The number of anilines is 2. The van der Waals surface area contributed by atoms with Gasteiger partial charge in [-0.2, -0.15) is 4.98 Å². The topological polar surface area (TPSA) is 155 Å². The number of aromatic nitrogens is 2. The molecule has 4 rings (SSSR count). The van der Waals surface area contributed by atoms with Gasteiger partial charge in [0, 0.05) is 23.2 Å². The van der Waals surface area contributed by atoms with Crippen molar-refractivity contribution in [1.82, 2.24) is 20.8 Å². The summed E-state index contributed by atoms with van der Waals surface area (Å²) in [6, 6.07) is 20.4. The Labute approximate surface area is 270 Å². The lowest BCUT2D eigenvalue weighted by Crippen LogP contribution is -2.49. The molecular weight excluding hydrogens is 604 g/mol. The molecule has 0 saturated carbocycles. The number of benzene rings is 3. The van der Waals surface area contributed by atoms with E-state index in [1.165, 1.54) is 12.1 Å². The van der Waals surface area contributed by atoms with E-state index in [4.69, 9.17) is 4.52 Å². The predicted molar refractivity (Wildman–Crippen MR) is 178 cm³/mol. The molecule has 0 fully saturated rings. The summed E-state index contributed by atoms with van der Waals surface area (Å²) in [7, 11) is -3.77. The number of hydrogen-bond acceptors (Lipinski definition) is 7. The Morgan fingerprint density at radius 1 is 0.870 bits per heavy atom. The maximum Gasteiger partial charge on any atom is 0.319 e. The van der Waals surface area contributed by atoms with Gasteiger partial charge in [-0.1, -0.05) is 87.8 Å². The molecule has 46 heavy (non-hydrogen) atoms. The second kappa shape index (κ2) is 14.6. The smallest absolute Gasteiger partial charge is 0.319 e. The summed E-state index contributed by atoms with van der Waals surface area (Å²) in [5.41, 5.74) is 2.34. The summed E-state index contributed by atoms with van der Waals surface area (Å²) >= 11 is 0. The van der Waals surface area contributed by atoms with Crippen LogP contribution in [0.2, 0.25) is 0 Å². The van der Waals surface area contributed by atoms with Crippen LogP contribution in [-0.4, -0.2) is 36.5 Å². The van der Waals surface area contributed by atoms with Crippen molar-refractivity contribution in [3.63, 3.8) is 0 Å². The summed E-state index contributed by atoms with van der Waals surface area (Å²) in [4.78, 5) is 31.4. The third-order valence-electron chi connectivity index (χ3n) is 7.06. The molecule has 11 nitrogen and oxygen atoms in total. The highest BCUT2D eigenvalue weighted by atomic mass is 32.2. The molecule has 0 bridgehead atoms. The van der Waals surface area contributed by atoms with Crippen LogP contribution in [0, 0.1) is 12.8 Å². The normalized spacial score (nSPS) is 13.1.